The Hall–Kier alpha value is -1.58. The van der Waals surface area contributed by atoms with Crippen molar-refractivity contribution >= 4 is 12.3 Å². The first kappa shape index (κ1) is 10.5. The van der Waals surface area contributed by atoms with Crippen LogP contribution in [-0.2, 0) is 4.74 Å². The van der Waals surface area contributed by atoms with E-state index < -0.39 is 0 Å². The van der Waals surface area contributed by atoms with Crippen LogP contribution in [0.25, 0.3) is 0 Å². The molecule has 76 valence electrons. The Morgan fingerprint density at radius 1 is 1.50 bits per heavy atom. The van der Waals surface area contributed by atoms with Crippen LogP contribution >= 0.6 is 0 Å². The van der Waals surface area contributed by atoms with Crippen molar-refractivity contribution in [3.63, 3.8) is 0 Å². The number of hydrogen-bond donors (Lipinski definition) is 0. The molecule has 0 fully saturated rings. The highest BCUT2D eigenvalue weighted by molar-refractivity contribution is 5.76. The Morgan fingerprint density at radius 2 is 2.36 bits per heavy atom. The number of allylic oxidation sites excluding steroid dienone is 1. The third kappa shape index (κ3) is 3.43. The highest BCUT2D eigenvalue weighted by atomic mass is 16.6. The molecule has 0 unspecified atom stereocenters. The average molecular weight is 194 g/mol. The van der Waals surface area contributed by atoms with E-state index in [0.717, 1.165) is 12.8 Å². The number of carbonyl (C=O) groups excluding carboxylic acids is 1. The quantitative estimate of drug-likeness (QED) is 0.647. The molecule has 0 aromatic carbocycles. The number of rotatable bonds is 3. The first-order valence-electron chi connectivity index (χ1n) is 4.66. The van der Waals surface area contributed by atoms with Gasteiger partial charge in [-0.25, -0.2) is 4.79 Å². The number of carbonyl (C=O) groups is 1. The zero-order chi connectivity index (χ0) is 10.2. The van der Waals surface area contributed by atoms with Crippen molar-refractivity contribution in [2.24, 2.45) is 4.99 Å². The second-order valence-electron chi connectivity index (χ2n) is 2.81. The van der Waals surface area contributed by atoms with Gasteiger partial charge < -0.3 is 4.74 Å². The van der Waals surface area contributed by atoms with Gasteiger partial charge in [0.15, 0.2) is 0 Å². The molecule has 1 heterocycles. The summed E-state index contributed by atoms with van der Waals surface area (Å²) in [6.45, 7) is 2.52. The third-order valence-corrected chi connectivity index (χ3v) is 1.67. The second kappa shape index (κ2) is 5.96. The predicted molar refractivity (Wildman–Crippen MR) is 54.9 cm³/mol. The zero-order valence-electron chi connectivity index (χ0n) is 8.22. The number of nitrogens with zero attached hydrogens (tertiary/aromatic N) is 2. The fourth-order valence-corrected chi connectivity index (χ4v) is 0.891. The molecule has 1 aliphatic heterocycles. The Morgan fingerprint density at radius 3 is 3.14 bits per heavy atom. The standard InChI is InChI=1S/C10H14N2O2/c1-2-3-9-14-10(13)12-7-4-5-11-6-8-12/h4-8H,2-3,9H2,1H3. The fourth-order valence-electron chi connectivity index (χ4n) is 0.891. The topological polar surface area (TPSA) is 41.9 Å². The fraction of sp³-hybridized carbons (Fsp3) is 0.400. The van der Waals surface area contributed by atoms with Gasteiger partial charge in [-0.3, -0.25) is 9.89 Å². The van der Waals surface area contributed by atoms with E-state index in [2.05, 4.69) is 4.99 Å². The number of aliphatic imine (C=N–C) groups is 1. The van der Waals surface area contributed by atoms with Gasteiger partial charge in [-0.05, 0) is 12.5 Å². The lowest BCUT2D eigenvalue weighted by atomic mass is 10.4. The molecule has 0 spiro atoms. The summed E-state index contributed by atoms with van der Waals surface area (Å²) in [5, 5.41) is 0. The summed E-state index contributed by atoms with van der Waals surface area (Å²) in [5.41, 5.74) is 0. The lowest BCUT2D eigenvalue weighted by Gasteiger charge is -2.12. The van der Waals surface area contributed by atoms with Gasteiger partial charge in [0.1, 0.15) is 0 Å². The molecule has 1 aliphatic rings. The minimum atomic E-state index is -0.364. The van der Waals surface area contributed by atoms with Crippen molar-refractivity contribution in [1.82, 2.24) is 4.90 Å². The predicted octanol–water partition coefficient (Wildman–Crippen LogP) is 2.29. The molecular weight excluding hydrogens is 180 g/mol. The maximum Gasteiger partial charge on any atom is 0.417 e. The lowest BCUT2D eigenvalue weighted by molar-refractivity contribution is 0.126. The van der Waals surface area contributed by atoms with E-state index in [1.807, 2.05) is 6.92 Å². The van der Waals surface area contributed by atoms with Crippen molar-refractivity contribution in [3.05, 3.63) is 24.7 Å². The Balaban J connectivity index is 2.36. The van der Waals surface area contributed by atoms with Crippen LogP contribution in [0.2, 0.25) is 0 Å². The number of unbranched alkanes of at least 4 members (excludes halogenated alkanes) is 1. The van der Waals surface area contributed by atoms with E-state index in [4.69, 9.17) is 4.74 Å². The molecular formula is C10H14N2O2. The van der Waals surface area contributed by atoms with Crippen LogP contribution in [0.4, 0.5) is 4.79 Å². The molecule has 4 nitrogen and oxygen atoms in total. The minimum Gasteiger partial charge on any atom is -0.449 e. The smallest absolute Gasteiger partial charge is 0.417 e. The Labute approximate surface area is 83.6 Å². The van der Waals surface area contributed by atoms with Crippen molar-refractivity contribution in [3.8, 4) is 0 Å². The molecule has 0 bridgehead atoms. The van der Waals surface area contributed by atoms with Gasteiger partial charge in [0, 0.05) is 24.8 Å². The van der Waals surface area contributed by atoms with Gasteiger partial charge in [-0.1, -0.05) is 13.3 Å². The average Bonchev–Trinajstić information content (AvgIpc) is 2.46. The molecule has 1 amide bonds. The maximum absolute atomic E-state index is 11.4. The molecule has 0 saturated heterocycles. The van der Waals surface area contributed by atoms with Gasteiger partial charge in [0.2, 0.25) is 0 Å². The summed E-state index contributed by atoms with van der Waals surface area (Å²) in [4.78, 5) is 16.6. The van der Waals surface area contributed by atoms with Crippen LogP contribution in [0, 0.1) is 0 Å². The summed E-state index contributed by atoms with van der Waals surface area (Å²) in [7, 11) is 0. The first-order valence-corrected chi connectivity index (χ1v) is 4.66. The number of hydrogen-bond acceptors (Lipinski definition) is 3. The van der Waals surface area contributed by atoms with Gasteiger partial charge in [-0.2, -0.15) is 0 Å². The Kier molecular flexibility index (Phi) is 4.47. The second-order valence-corrected chi connectivity index (χ2v) is 2.81. The zero-order valence-corrected chi connectivity index (χ0v) is 8.22. The summed E-state index contributed by atoms with van der Waals surface area (Å²) < 4.78 is 5.01. The van der Waals surface area contributed by atoms with Gasteiger partial charge in [0.25, 0.3) is 0 Å². The van der Waals surface area contributed by atoms with Crippen LogP contribution in [0.1, 0.15) is 19.8 Å². The van der Waals surface area contributed by atoms with Crippen LogP contribution in [-0.4, -0.2) is 23.8 Å². The molecule has 0 atom stereocenters. The lowest BCUT2D eigenvalue weighted by Crippen LogP contribution is -2.21. The molecule has 1 rings (SSSR count). The van der Waals surface area contributed by atoms with Gasteiger partial charge in [0.05, 0.1) is 6.61 Å². The number of ether oxygens (including phenoxy) is 1. The van der Waals surface area contributed by atoms with Crippen LogP contribution in [0.15, 0.2) is 29.7 Å². The van der Waals surface area contributed by atoms with E-state index >= 15 is 0 Å². The van der Waals surface area contributed by atoms with Crippen LogP contribution < -0.4 is 0 Å². The van der Waals surface area contributed by atoms with Gasteiger partial charge >= 0.3 is 6.09 Å². The summed E-state index contributed by atoms with van der Waals surface area (Å²) in [5.74, 6) is 0. The molecule has 4 heteroatoms. The van der Waals surface area contributed by atoms with Gasteiger partial charge in [-0.15, -0.1) is 0 Å². The third-order valence-electron chi connectivity index (χ3n) is 1.67. The molecule has 0 aliphatic carbocycles. The summed E-state index contributed by atoms with van der Waals surface area (Å²) in [6, 6.07) is 0. The summed E-state index contributed by atoms with van der Waals surface area (Å²) >= 11 is 0. The summed E-state index contributed by atoms with van der Waals surface area (Å²) in [6.07, 6.45) is 9.55. The molecule has 0 aromatic heterocycles. The Bertz CT molecular complexity index is 253. The molecule has 14 heavy (non-hydrogen) atoms. The van der Waals surface area contributed by atoms with E-state index in [1.54, 1.807) is 30.9 Å². The van der Waals surface area contributed by atoms with E-state index in [9.17, 15) is 4.79 Å². The van der Waals surface area contributed by atoms with E-state index in [1.165, 1.54) is 4.90 Å². The number of amides is 1. The van der Waals surface area contributed by atoms with Crippen LogP contribution in [0.3, 0.4) is 0 Å². The van der Waals surface area contributed by atoms with Crippen molar-refractivity contribution in [1.29, 1.82) is 0 Å². The largest absolute Gasteiger partial charge is 0.449 e. The van der Waals surface area contributed by atoms with E-state index in [0.29, 0.717) is 6.61 Å². The molecule has 0 saturated carbocycles. The molecule has 0 N–H and O–H groups in total. The highest BCUT2D eigenvalue weighted by Gasteiger charge is 2.08. The van der Waals surface area contributed by atoms with Crippen molar-refractivity contribution < 1.29 is 9.53 Å². The SMILES string of the molecule is CCCCOC(=O)N1C=CC=NC=C1. The molecule has 0 radical (unpaired) electrons. The molecule has 0 aromatic rings. The van der Waals surface area contributed by atoms with Crippen molar-refractivity contribution in [2.75, 3.05) is 6.61 Å². The minimum absolute atomic E-state index is 0.364. The normalized spacial score (nSPS) is 14.2. The first-order chi connectivity index (χ1) is 6.84. The monoisotopic (exact) mass is 194 g/mol. The maximum atomic E-state index is 11.4. The van der Waals surface area contributed by atoms with Crippen molar-refractivity contribution in [2.45, 2.75) is 19.8 Å². The van der Waals surface area contributed by atoms with E-state index in [-0.39, 0.29) is 6.09 Å². The van der Waals surface area contributed by atoms with Crippen LogP contribution in [0.5, 0.6) is 0 Å². The highest BCUT2D eigenvalue weighted by Crippen LogP contribution is 2.00.